The van der Waals surface area contributed by atoms with E-state index < -0.39 is 17.8 Å². The lowest BCUT2D eigenvalue weighted by molar-refractivity contribution is -0.138. The van der Waals surface area contributed by atoms with Gasteiger partial charge in [-0.1, -0.05) is 6.92 Å². The van der Waals surface area contributed by atoms with Gasteiger partial charge in [0.25, 0.3) is 5.91 Å². The van der Waals surface area contributed by atoms with Crippen LogP contribution in [0.1, 0.15) is 25.3 Å². The summed E-state index contributed by atoms with van der Waals surface area (Å²) >= 11 is 0. The number of hydrogen-bond acceptors (Lipinski definition) is 4. The minimum atomic E-state index is -4.52. The van der Waals surface area contributed by atoms with Crippen molar-refractivity contribution in [3.05, 3.63) is 17.8 Å². The molecule has 1 saturated heterocycles. The summed E-state index contributed by atoms with van der Waals surface area (Å²) in [5.74, 6) is 0.00842. The molecule has 1 fully saturated rings. The topological polar surface area (TPSA) is 56.8 Å². The Hall–Kier alpha value is -2.32. The van der Waals surface area contributed by atoms with E-state index in [0.29, 0.717) is 25.3 Å². The molecule has 1 atom stereocenters. The molecular weight excluding hydrogens is 337 g/mol. The lowest BCUT2D eigenvalue weighted by atomic mass is 10.0. The van der Waals surface area contributed by atoms with Crippen LogP contribution in [0.2, 0.25) is 0 Å². The standard InChI is InChI=1S/C16H19F3N4O2/c1-3-4-13(24)22-5-6-23-12(9-22)15(25)21(2)11-7-10(16(17,18)19)8-20-14(11)23/h7-8,12H,3-6,9H2,1-2H3/t12-/m1/s1. The van der Waals surface area contributed by atoms with E-state index in [9.17, 15) is 22.8 Å². The summed E-state index contributed by atoms with van der Waals surface area (Å²) in [7, 11) is 1.44. The first-order valence-corrected chi connectivity index (χ1v) is 8.13. The maximum atomic E-state index is 12.9. The molecule has 25 heavy (non-hydrogen) atoms. The number of anilines is 2. The van der Waals surface area contributed by atoms with Crippen molar-refractivity contribution in [1.29, 1.82) is 0 Å². The van der Waals surface area contributed by atoms with Gasteiger partial charge in [0.2, 0.25) is 5.91 Å². The summed E-state index contributed by atoms with van der Waals surface area (Å²) in [6.07, 6.45) is -2.59. The third kappa shape index (κ3) is 3.03. The number of hydrogen-bond donors (Lipinski definition) is 0. The average Bonchev–Trinajstić information content (AvgIpc) is 2.58. The molecule has 0 N–H and O–H groups in total. The molecular formula is C16H19F3N4O2. The predicted octanol–water partition coefficient (Wildman–Crippen LogP) is 1.89. The maximum Gasteiger partial charge on any atom is 0.417 e. The molecule has 2 aliphatic heterocycles. The van der Waals surface area contributed by atoms with Gasteiger partial charge in [-0.05, 0) is 12.5 Å². The van der Waals surface area contributed by atoms with E-state index in [0.717, 1.165) is 18.7 Å². The third-order valence-corrected chi connectivity index (χ3v) is 4.62. The van der Waals surface area contributed by atoms with Crippen LogP contribution in [0, 0.1) is 0 Å². The fourth-order valence-electron chi connectivity index (χ4n) is 3.26. The number of likely N-dealkylation sites (N-methyl/N-ethyl adjacent to an activating group) is 1. The molecule has 3 rings (SSSR count). The highest BCUT2D eigenvalue weighted by Crippen LogP contribution is 2.39. The molecule has 136 valence electrons. The summed E-state index contributed by atoms with van der Waals surface area (Å²) in [5, 5.41) is 0. The van der Waals surface area contributed by atoms with Crippen molar-refractivity contribution in [2.75, 3.05) is 36.5 Å². The molecule has 0 bridgehead atoms. The molecule has 0 aliphatic carbocycles. The van der Waals surface area contributed by atoms with Crippen molar-refractivity contribution in [2.24, 2.45) is 0 Å². The van der Waals surface area contributed by atoms with Crippen molar-refractivity contribution in [3.8, 4) is 0 Å². The Labute approximate surface area is 143 Å². The number of piperazine rings is 1. The summed E-state index contributed by atoms with van der Waals surface area (Å²) in [6, 6.07) is 0.335. The number of carbonyl (C=O) groups excluding carboxylic acids is 2. The average molecular weight is 356 g/mol. The third-order valence-electron chi connectivity index (χ3n) is 4.62. The van der Waals surface area contributed by atoms with E-state index in [1.165, 1.54) is 11.9 Å². The molecule has 1 aromatic rings. The molecule has 3 heterocycles. The van der Waals surface area contributed by atoms with Gasteiger partial charge in [-0.15, -0.1) is 0 Å². The van der Waals surface area contributed by atoms with Crippen LogP contribution in [-0.2, 0) is 15.8 Å². The number of rotatable bonds is 2. The summed E-state index contributed by atoms with van der Waals surface area (Å²) in [6.45, 7) is 2.93. The zero-order valence-corrected chi connectivity index (χ0v) is 14.0. The second kappa shape index (κ2) is 6.20. The van der Waals surface area contributed by atoms with E-state index in [4.69, 9.17) is 0 Å². The predicted molar refractivity (Wildman–Crippen MR) is 85.3 cm³/mol. The molecule has 9 heteroatoms. The van der Waals surface area contributed by atoms with Crippen LogP contribution in [0.5, 0.6) is 0 Å². The molecule has 0 radical (unpaired) electrons. The molecule has 2 amide bonds. The Morgan fingerprint density at radius 1 is 1.36 bits per heavy atom. The van der Waals surface area contributed by atoms with Gasteiger partial charge in [0.1, 0.15) is 6.04 Å². The first kappa shape index (κ1) is 17.5. The second-order valence-electron chi connectivity index (χ2n) is 6.26. The first-order chi connectivity index (χ1) is 11.7. The Kier molecular flexibility index (Phi) is 4.34. The van der Waals surface area contributed by atoms with Crippen molar-refractivity contribution in [1.82, 2.24) is 9.88 Å². The van der Waals surface area contributed by atoms with Gasteiger partial charge in [-0.3, -0.25) is 9.59 Å². The first-order valence-electron chi connectivity index (χ1n) is 8.13. The number of halogens is 3. The van der Waals surface area contributed by atoms with E-state index in [2.05, 4.69) is 4.98 Å². The van der Waals surface area contributed by atoms with E-state index >= 15 is 0 Å². The molecule has 0 aromatic carbocycles. The second-order valence-corrected chi connectivity index (χ2v) is 6.26. The normalized spacial score (nSPS) is 20.4. The lowest BCUT2D eigenvalue weighted by Gasteiger charge is -2.46. The van der Waals surface area contributed by atoms with Crippen LogP contribution < -0.4 is 9.80 Å². The summed E-state index contributed by atoms with van der Waals surface area (Å²) in [5.41, 5.74) is -0.745. The monoisotopic (exact) mass is 356 g/mol. The highest BCUT2D eigenvalue weighted by Gasteiger charge is 2.43. The lowest BCUT2D eigenvalue weighted by Crippen LogP contribution is -2.63. The van der Waals surface area contributed by atoms with Crippen LogP contribution >= 0.6 is 0 Å². The summed E-state index contributed by atoms with van der Waals surface area (Å²) < 4.78 is 38.8. The number of pyridine rings is 1. The Bertz CT molecular complexity index is 707. The van der Waals surface area contributed by atoms with Crippen LogP contribution in [0.3, 0.4) is 0 Å². The Morgan fingerprint density at radius 2 is 2.08 bits per heavy atom. The molecule has 0 unspecified atom stereocenters. The Balaban J connectivity index is 1.92. The van der Waals surface area contributed by atoms with Crippen LogP contribution in [0.15, 0.2) is 12.3 Å². The van der Waals surface area contributed by atoms with Gasteiger partial charge in [0, 0.05) is 32.8 Å². The molecule has 1 aromatic heterocycles. The molecule has 0 spiro atoms. The zero-order chi connectivity index (χ0) is 18.4. The highest BCUT2D eigenvalue weighted by atomic mass is 19.4. The molecule has 6 nitrogen and oxygen atoms in total. The number of carbonyl (C=O) groups is 2. The minimum Gasteiger partial charge on any atom is -0.339 e. The van der Waals surface area contributed by atoms with Crippen LogP contribution in [0.4, 0.5) is 24.7 Å². The van der Waals surface area contributed by atoms with Gasteiger partial charge >= 0.3 is 6.18 Å². The van der Waals surface area contributed by atoms with Crippen molar-refractivity contribution >= 4 is 23.3 Å². The highest BCUT2D eigenvalue weighted by molar-refractivity contribution is 6.05. The minimum absolute atomic E-state index is 0.0104. The van der Waals surface area contributed by atoms with Crippen molar-refractivity contribution in [3.63, 3.8) is 0 Å². The quantitative estimate of drug-likeness (QED) is 0.812. The number of alkyl halides is 3. The van der Waals surface area contributed by atoms with E-state index in [-0.39, 0.29) is 24.0 Å². The number of fused-ring (bicyclic) bond motifs is 3. The van der Waals surface area contributed by atoms with Gasteiger partial charge < -0.3 is 14.7 Å². The molecule has 2 aliphatic rings. The fourth-order valence-corrected chi connectivity index (χ4v) is 3.26. The van der Waals surface area contributed by atoms with Gasteiger partial charge in [-0.25, -0.2) is 4.98 Å². The van der Waals surface area contributed by atoms with Gasteiger partial charge in [0.05, 0.1) is 17.8 Å². The largest absolute Gasteiger partial charge is 0.417 e. The van der Waals surface area contributed by atoms with Crippen molar-refractivity contribution < 1.29 is 22.8 Å². The fraction of sp³-hybridized carbons (Fsp3) is 0.562. The maximum absolute atomic E-state index is 12.9. The number of amides is 2. The van der Waals surface area contributed by atoms with E-state index in [1.54, 1.807) is 9.80 Å². The van der Waals surface area contributed by atoms with Crippen LogP contribution in [-0.4, -0.2) is 54.4 Å². The SMILES string of the molecule is CCCC(=O)N1CCN2c3ncc(C(F)(F)F)cc3N(C)C(=O)[C@H]2C1. The Morgan fingerprint density at radius 3 is 2.72 bits per heavy atom. The van der Waals surface area contributed by atoms with E-state index in [1.807, 2.05) is 6.92 Å². The summed E-state index contributed by atoms with van der Waals surface area (Å²) in [4.78, 5) is 33.3. The molecule has 0 saturated carbocycles. The van der Waals surface area contributed by atoms with Crippen LogP contribution in [0.25, 0.3) is 0 Å². The number of aromatic nitrogens is 1. The number of nitrogens with zero attached hydrogens (tertiary/aromatic N) is 4. The zero-order valence-electron chi connectivity index (χ0n) is 14.0. The van der Waals surface area contributed by atoms with Gasteiger partial charge in [-0.2, -0.15) is 13.2 Å². The smallest absolute Gasteiger partial charge is 0.339 e. The van der Waals surface area contributed by atoms with Gasteiger partial charge in [0.15, 0.2) is 5.82 Å². The van der Waals surface area contributed by atoms with Crippen molar-refractivity contribution in [2.45, 2.75) is 32.0 Å².